The van der Waals surface area contributed by atoms with Crippen LogP contribution in [0.15, 0.2) is 47.4 Å². The van der Waals surface area contributed by atoms with Crippen LogP contribution in [0.2, 0.25) is 0 Å². The maximum atomic E-state index is 5.08. The zero-order valence-electron chi connectivity index (χ0n) is 13.6. The summed E-state index contributed by atoms with van der Waals surface area (Å²) in [5, 5.41) is 0. The van der Waals surface area contributed by atoms with Crippen LogP contribution in [0.3, 0.4) is 0 Å². The van der Waals surface area contributed by atoms with Crippen molar-refractivity contribution < 1.29 is 9.78 Å². The minimum atomic E-state index is 0.486. The molecule has 1 aromatic heterocycles. The van der Waals surface area contributed by atoms with Crippen LogP contribution in [0.25, 0.3) is 11.3 Å². The Morgan fingerprint density at radius 2 is 2.00 bits per heavy atom. The smallest absolute Gasteiger partial charge is 0.128 e. The molecule has 3 rings (SSSR count). The molecule has 2 heterocycles. The van der Waals surface area contributed by atoms with Crippen molar-refractivity contribution in [1.82, 2.24) is 4.98 Å². The third-order valence-corrected chi connectivity index (χ3v) is 4.78. The van der Waals surface area contributed by atoms with Crippen LogP contribution in [-0.2, 0) is 9.78 Å². The second-order valence-electron chi connectivity index (χ2n) is 5.75. The standard InChI is InChI=1S/C18H22N2O2S/c1-20(12-14-10-11-21-22-13-14)18-5-3-4-17(19-18)15-6-8-16(23-2)9-7-15/h3-9,14H,10-13H2,1-2H3. The fourth-order valence-electron chi connectivity index (χ4n) is 2.68. The number of aromatic nitrogens is 1. The van der Waals surface area contributed by atoms with E-state index in [9.17, 15) is 0 Å². The van der Waals surface area contributed by atoms with Crippen molar-refractivity contribution in [1.29, 1.82) is 0 Å². The van der Waals surface area contributed by atoms with Crippen molar-refractivity contribution in [2.45, 2.75) is 11.3 Å². The molecule has 1 unspecified atom stereocenters. The Morgan fingerprint density at radius 3 is 2.70 bits per heavy atom. The van der Waals surface area contributed by atoms with Gasteiger partial charge in [-0.05, 0) is 36.9 Å². The highest BCUT2D eigenvalue weighted by Gasteiger charge is 2.17. The Hall–Kier alpha value is -1.56. The molecule has 1 fully saturated rings. The molecule has 1 saturated heterocycles. The lowest BCUT2D eigenvalue weighted by molar-refractivity contribution is -0.323. The first-order valence-electron chi connectivity index (χ1n) is 7.83. The Morgan fingerprint density at radius 1 is 1.17 bits per heavy atom. The van der Waals surface area contributed by atoms with Gasteiger partial charge in [-0.3, -0.25) is 0 Å². The van der Waals surface area contributed by atoms with Gasteiger partial charge in [-0.15, -0.1) is 11.8 Å². The van der Waals surface area contributed by atoms with E-state index in [1.165, 1.54) is 4.90 Å². The van der Waals surface area contributed by atoms with E-state index in [4.69, 9.17) is 14.8 Å². The van der Waals surface area contributed by atoms with Gasteiger partial charge in [0.15, 0.2) is 0 Å². The Kier molecular flexibility index (Phi) is 5.54. The number of hydrogen-bond donors (Lipinski definition) is 0. The highest BCUT2D eigenvalue weighted by molar-refractivity contribution is 7.98. The van der Waals surface area contributed by atoms with Gasteiger partial charge < -0.3 is 4.90 Å². The summed E-state index contributed by atoms with van der Waals surface area (Å²) < 4.78 is 0. The largest absolute Gasteiger partial charge is 0.359 e. The number of rotatable bonds is 5. The molecule has 4 nitrogen and oxygen atoms in total. The second kappa shape index (κ2) is 7.81. The lowest BCUT2D eigenvalue weighted by Crippen LogP contribution is -2.32. The predicted molar refractivity (Wildman–Crippen MR) is 94.7 cm³/mol. The van der Waals surface area contributed by atoms with Crippen LogP contribution in [0.1, 0.15) is 6.42 Å². The van der Waals surface area contributed by atoms with E-state index in [-0.39, 0.29) is 0 Å². The quantitative estimate of drug-likeness (QED) is 0.614. The topological polar surface area (TPSA) is 34.6 Å². The predicted octanol–water partition coefficient (Wildman–Crippen LogP) is 3.87. The van der Waals surface area contributed by atoms with Gasteiger partial charge in [0.1, 0.15) is 5.82 Å². The van der Waals surface area contributed by atoms with Gasteiger partial charge in [-0.2, -0.15) is 0 Å². The van der Waals surface area contributed by atoms with Crippen LogP contribution in [0.4, 0.5) is 5.82 Å². The monoisotopic (exact) mass is 330 g/mol. The molecule has 2 aromatic rings. The fourth-order valence-corrected chi connectivity index (χ4v) is 3.09. The normalized spacial score (nSPS) is 17.9. The molecule has 1 atom stereocenters. The molecule has 0 radical (unpaired) electrons. The molecule has 122 valence electrons. The van der Waals surface area contributed by atoms with Gasteiger partial charge in [0.2, 0.25) is 0 Å². The molecule has 0 N–H and O–H groups in total. The molecule has 0 amide bonds. The summed E-state index contributed by atoms with van der Waals surface area (Å²) in [6.07, 6.45) is 3.11. The highest BCUT2D eigenvalue weighted by Crippen LogP contribution is 2.24. The van der Waals surface area contributed by atoms with Crippen LogP contribution >= 0.6 is 11.8 Å². The van der Waals surface area contributed by atoms with Crippen molar-refractivity contribution in [3.05, 3.63) is 42.5 Å². The summed E-state index contributed by atoms with van der Waals surface area (Å²) in [6, 6.07) is 14.7. The van der Waals surface area contributed by atoms with E-state index in [1.807, 2.05) is 0 Å². The lowest BCUT2D eigenvalue weighted by Gasteiger charge is -2.27. The van der Waals surface area contributed by atoms with E-state index in [1.54, 1.807) is 11.8 Å². The molecule has 0 bridgehead atoms. The van der Waals surface area contributed by atoms with Gasteiger partial charge in [0, 0.05) is 30.0 Å². The summed E-state index contributed by atoms with van der Waals surface area (Å²) in [6.45, 7) is 2.25. The van der Waals surface area contributed by atoms with Crippen LogP contribution < -0.4 is 4.90 Å². The summed E-state index contributed by atoms with van der Waals surface area (Å²) in [4.78, 5) is 18.3. The molecule has 1 aliphatic rings. The average molecular weight is 330 g/mol. The molecule has 0 spiro atoms. The Labute approximate surface area is 141 Å². The Balaban J connectivity index is 1.72. The first kappa shape index (κ1) is 16.3. The lowest BCUT2D eigenvalue weighted by atomic mass is 10.1. The van der Waals surface area contributed by atoms with Crippen molar-refractivity contribution in [3.8, 4) is 11.3 Å². The second-order valence-corrected chi connectivity index (χ2v) is 6.63. The van der Waals surface area contributed by atoms with E-state index in [0.717, 1.165) is 30.0 Å². The van der Waals surface area contributed by atoms with Gasteiger partial charge in [0.05, 0.1) is 18.9 Å². The number of hydrogen-bond acceptors (Lipinski definition) is 5. The van der Waals surface area contributed by atoms with Crippen LogP contribution in [0, 0.1) is 5.92 Å². The molecule has 0 aliphatic carbocycles. The van der Waals surface area contributed by atoms with Crippen molar-refractivity contribution in [2.24, 2.45) is 5.92 Å². The number of pyridine rings is 1. The van der Waals surface area contributed by atoms with Crippen LogP contribution in [0.5, 0.6) is 0 Å². The maximum Gasteiger partial charge on any atom is 0.128 e. The maximum absolute atomic E-state index is 5.08. The van der Waals surface area contributed by atoms with E-state index >= 15 is 0 Å². The number of thioether (sulfide) groups is 1. The molecule has 0 saturated carbocycles. The van der Waals surface area contributed by atoms with E-state index < -0.39 is 0 Å². The fraction of sp³-hybridized carbons (Fsp3) is 0.389. The first-order chi connectivity index (χ1) is 11.3. The third-order valence-electron chi connectivity index (χ3n) is 4.04. The van der Waals surface area contributed by atoms with Crippen molar-refractivity contribution in [3.63, 3.8) is 0 Å². The summed E-state index contributed by atoms with van der Waals surface area (Å²) in [7, 11) is 2.08. The highest BCUT2D eigenvalue weighted by atomic mass is 32.2. The molecule has 1 aliphatic heterocycles. The minimum absolute atomic E-state index is 0.486. The first-order valence-corrected chi connectivity index (χ1v) is 9.06. The SMILES string of the molecule is CSc1ccc(-c2cccc(N(C)CC3CCOOC3)n2)cc1. The average Bonchev–Trinajstić information content (AvgIpc) is 2.63. The van der Waals surface area contributed by atoms with E-state index in [2.05, 4.69) is 60.7 Å². The molecule has 5 heteroatoms. The molecule has 1 aromatic carbocycles. The zero-order valence-corrected chi connectivity index (χ0v) is 14.4. The number of benzene rings is 1. The third kappa shape index (κ3) is 4.25. The minimum Gasteiger partial charge on any atom is -0.359 e. The molecular weight excluding hydrogens is 308 g/mol. The summed E-state index contributed by atoms with van der Waals surface area (Å²) in [5.74, 6) is 1.48. The number of nitrogens with zero attached hydrogens (tertiary/aromatic N) is 2. The van der Waals surface area contributed by atoms with Gasteiger partial charge in [0.25, 0.3) is 0 Å². The van der Waals surface area contributed by atoms with Gasteiger partial charge in [-0.25, -0.2) is 14.8 Å². The van der Waals surface area contributed by atoms with Gasteiger partial charge >= 0.3 is 0 Å². The zero-order chi connectivity index (χ0) is 16.1. The summed E-state index contributed by atoms with van der Waals surface area (Å²) in [5.41, 5.74) is 2.15. The summed E-state index contributed by atoms with van der Waals surface area (Å²) >= 11 is 1.75. The Bertz CT molecular complexity index is 627. The number of anilines is 1. The molecule has 23 heavy (non-hydrogen) atoms. The molecular formula is C18H22N2O2S. The van der Waals surface area contributed by atoms with Gasteiger partial charge in [-0.1, -0.05) is 18.2 Å². The van der Waals surface area contributed by atoms with Crippen LogP contribution in [-0.4, -0.2) is 38.0 Å². The van der Waals surface area contributed by atoms with Crippen molar-refractivity contribution in [2.75, 3.05) is 38.0 Å². The van der Waals surface area contributed by atoms with Crippen molar-refractivity contribution >= 4 is 17.6 Å². The van der Waals surface area contributed by atoms with E-state index in [0.29, 0.717) is 19.1 Å².